The van der Waals surface area contributed by atoms with E-state index in [9.17, 15) is 26.4 Å². The van der Waals surface area contributed by atoms with Gasteiger partial charge in [0.15, 0.2) is 0 Å². The van der Waals surface area contributed by atoms with Crippen molar-refractivity contribution in [3.63, 3.8) is 0 Å². The van der Waals surface area contributed by atoms with E-state index in [-0.39, 0.29) is 13.0 Å². The Kier molecular flexibility index (Phi) is 5.60. The number of nitrogens with zero attached hydrogens (tertiary/aromatic N) is 1. The monoisotopic (exact) mass is 393 g/mol. The first-order chi connectivity index (χ1) is 11.9. The van der Waals surface area contributed by atoms with Gasteiger partial charge in [-0.25, -0.2) is 17.6 Å². The van der Waals surface area contributed by atoms with Gasteiger partial charge in [-0.05, 0) is 58.2 Å². The van der Waals surface area contributed by atoms with Crippen LogP contribution in [0.3, 0.4) is 0 Å². The molecule has 2 rings (SSSR count). The highest BCUT2D eigenvalue weighted by Gasteiger charge is 2.57. The third-order valence-electron chi connectivity index (χ3n) is 3.98. The zero-order chi connectivity index (χ0) is 19.8. The number of alkyl halides is 2. The number of sulfone groups is 1. The summed E-state index contributed by atoms with van der Waals surface area (Å²) in [7, 11) is -5.19. The Bertz CT molecular complexity index is 774. The molecule has 1 unspecified atom stereocenters. The molecule has 1 fully saturated rings. The summed E-state index contributed by atoms with van der Waals surface area (Å²) in [6, 6.07) is 1.59. The van der Waals surface area contributed by atoms with E-state index in [4.69, 9.17) is 4.74 Å². The highest BCUT2D eigenvalue weighted by molar-refractivity contribution is 7.92. The SMILES string of the molecule is CC(C)(C)OC(=O)N1CCCCC1C(F)(F)S(=O)(=O)c1cccc(F)c1. The summed E-state index contributed by atoms with van der Waals surface area (Å²) in [5.74, 6) is -0.936. The number of rotatable bonds is 3. The van der Waals surface area contributed by atoms with E-state index in [1.54, 1.807) is 20.8 Å². The number of piperidine rings is 1. The Morgan fingerprint density at radius 2 is 1.88 bits per heavy atom. The molecule has 0 radical (unpaired) electrons. The molecule has 0 aliphatic carbocycles. The maximum Gasteiger partial charge on any atom is 0.410 e. The van der Waals surface area contributed by atoms with Crippen LogP contribution >= 0.6 is 0 Å². The van der Waals surface area contributed by atoms with Crippen LogP contribution in [0.2, 0.25) is 0 Å². The highest BCUT2D eigenvalue weighted by atomic mass is 32.2. The number of carbonyl (C=O) groups excluding carboxylic acids is 1. The largest absolute Gasteiger partial charge is 0.444 e. The third-order valence-corrected chi connectivity index (χ3v) is 5.85. The molecule has 1 aromatic carbocycles. The maximum absolute atomic E-state index is 15.0. The molecular formula is C17H22F3NO4S. The van der Waals surface area contributed by atoms with Crippen LogP contribution < -0.4 is 0 Å². The van der Waals surface area contributed by atoms with Crippen LogP contribution in [0, 0.1) is 5.82 Å². The van der Waals surface area contributed by atoms with Gasteiger partial charge in [0.25, 0.3) is 0 Å². The molecule has 1 heterocycles. The minimum absolute atomic E-state index is 0.0339. The minimum atomic E-state index is -5.19. The summed E-state index contributed by atoms with van der Waals surface area (Å²) in [5, 5.41) is -4.28. The minimum Gasteiger partial charge on any atom is -0.444 e. The molecule has 1 aliphatic rings. The third kappa shape index (κ3) is 4.13. The molecule has 9 heteroatoms. The van der Waals surface area contributed by atoms with Gasteiger partial charge in [0.1, 0.15) is 17.5 Å². The van der Waals surface area contributed by atoms with Crippen LogP contribution in [0.25, 0.3) is 0 Å². The van der Waals surface area contributed by atoms with Crippen LogP contribution in [0.5, 0.6) is 0 Å². The average Bonchev–Trinajstić information content (AvgIpc) is 2.53. The van der Waals surface area contributed by atoms with Crippen LogP contribution in [0.4, 0.5) is 18.0 Å². The van der Waals surface area contributed by atoms with Crippen LogP contribution in [-0.4, -0.2) is 42.9 Å². The van der Waals surface area contributed by atoms with Gasteiger partial charge in [-0.15, -0.1) is 0 Å². The van der Waals surface area contributed by atoms with Gasteiger partial charge in [-0.2, -0.15) is 8.78 Å². The quantitative estimate of drug-likeness (QED) is 0.779. The molecule has 1 atom stereocenters. The average molecular weight is 393 g/mol. The zero-order valence-electron chi connectivity index (χ0n) is 14.8. The van der Waals surface area contributed by atoms with E-state index in [1.807, 2.05) is 0 Å². The molecule has 0 bridgehead atoms. The topological polar surface area (TPSA) is 63.7 Å². The molecule has 0 spiro atoms. The van der Waals surface area contributed by atoms with Crippen molar-refractivity contribution < 1.29 is 31.1 Å². The Morgan fingerprint density at radius 1 is 1.23 bits per heavy atom. The van der Waals surface area contributed by atoms with Crippen LogP contribution in [0.15, 0.2) is 29.2 Å². The Hall–Kier alpha value is -1.77. The Morgan fingerprint density at radius 3 is 2.46 bits per heavy atom. The van der Waals surface area contributed by atoms with Gasteiger partial charge in [0.2, 0.25) is 9.84 Å². The molecule has 26 heavy (non-hydrogen) atoms. The van der Waals surface area contributed by atoms with Gasteiger partial charge in [0, 0.05) is 6.54 Å². The number of hydrogen-bond acceptors (Lipinski definition) is 4. The highest BCUT2D eigenvalue weighted by Crippen LogP contribution is 2.39. The van der Waals surface area contributed by atoms with E-state index in [1.165, 1.54) is 0 Å². The van der Waals surface area contributed by atoms with Crippen molar-refractivity contribution in [3.8, 4) is 0 Å². The first-order valence-corrected chi connectivity index (χ1v) is 9.72. The lowest BCUT2D eigenvalue weighted by Crippen LogP contribution is -2.56. The summed E-state index contributed by atoms with van der Waals surface area (Å²) in [6.07, 6.45) is -0.374. The molecule has 5 nitrogen and oxygen atoms in total. The van der Waals surface area contributed by atoms with Gasteiger partial charge in [-0.3, -0.25) is 4.90 Å². The van der Waals surface area contributed by atoms with Crippen LogP contribution in [-0.2, 0) is 14.6 Å². The number of carbonyl (C=O) groups is 1. The van der Waals surface area contributed by atoms with E-state index in [0.29, 0.717) is 18.9 Å². The lowest BCUT2D eigenvalue weighted by Gasteiger charge is -2.39. The molecule has 1 aromatic rings. The number of likely N-dealkylation sites (tertiary alicyclic amines) is 1. The fraction of sp³-hybridized carbons (Fsp3) is 0.588. The molecule has 0 saturated carbocycles. The lowest BCUT2D eigenvalue weighted by atomic mass is 10.0. The van der Waals surface area contributed by atoms with Crippen molar-refractivity contribution >= 4 is 15.9 Å². The summed E-state index contributed by atoms with van der Waals surface area (Å²) >= 11 is 0. The van der Waals surface area contributed by atoms with Crippen molar-refractivity contribution in [1.82, 2.24) is 4.90 Å². The van der Waals surface area contributed by atoms with Crippen LogP contribution in [0.1, 0.15) is 40.0 Å². The molecule has 1 saturated heterocycles. The van der Waals surface area contributed by atoms with Gasteiger partial charge in [-0.1, -0.05) is 6.07 Å². The van der Waals surface area contributed by atoms with Crippen molar-refractivity contribution in [3.05, 3.63) is 30.1 Å². The van der Waals surface area contributed by atoms with Crippen molar-refractivity contribution in [2.75, 3.05) is 6.54 Å². The predicted octanol–water partition coefficient (Wildman–Crippen LogP) is 3.98. The van der Waals surface area contributed by atoms with E-state index < -0.39 is 43.5 Å². The van der Waals surface area contributed by atoms with E-state index in [0.717, 1.165) is 23.1 Å². The van der Waals surface area contributed by atoms with Crippen molar-refractivity contribution in [1.29, 1.82) is 0 Å². The summed E-state index contributed by atoms with van der Waals surface area (Å²) in [5.41, 5.74) is -0.907. The summed E-state index contributed by atoms with van der Waals surface area (Å²) < 4.78 is 73.4. The molecule has 0 N–H and O–H groups in total. The number of halogens is 3. The fourth-order valence-electron chi connectivity index (χ4n) is 2.79. The van der Waals surface area contributed by atoms with Crippen molar-refractivity contribution in [2.24, 2.45) is 0 Å². The number of ether oxygens (including phenoxy) is 1. The maximum atomic E-state index is 15.0. The summed E-state index contributed by atoms with van der Waals surface area (Å²) in [4.78, 5) is 12.3. The van der Waals surface area contributed by atoms with Gasteiger partial charge < -0.3 is 4.74 Å². The fourth-order valence-corrected chi connectivity index (χ4v) is 4.23. The second-order valence-corrected chi connectivity index (χ2v) is 9.23. The molecule has 146 valence electrons. The zero-order valence-corrected chi connectivity index (χ0v) is 15.7. The molecular weight excluding hydrogens is 371 g/mol. The van der Waals surface area contributed by atoms with Gasteiger partial charge in [0.05, 0.1) is 4.90 Å². The van der Waals surface area contributed by atoms with Gasteiger partial charge >= 0.3 is 11.3 Å². The van der Waals surface area contributed by atoms with E-state index >= 15 is 0 Å². The Labute approximate surface area is 151 Å². The Balaban J connectivity index is 2.39. The summed E-state index contributed by atoms with van der Waals surface area (Å²) in [6.45, 7) is 4.73. The number of amides is 1. The second kappa shape index (κ2) is 7.09. The number of hydrogen-bond donors (Lipinski definition) is 0. The number of benzene rings is 1. The van der Waals surface area contributed by atoms with Crippen molar-refractivity contribution in [2.45, 2.75) is 61.8 Å². The second-order valence-electron chi connectivity index (χ2n) is 7.21. The smallest absolute Gasteiger partial charge is 0.410 e. The first kappa shape index (κ1) is 20.5. The van der Waals surface area contributed by atoms with E-state index in [2.05, 4.69) is 0 Å². The normalized spacial score (nSPS) is 19.3. The first-order valence-electron chi connectivity index (χ1n) is 8.24. The standard InChI is InChI=1S/C17H22F3NO4S/c1-16(2,3)25-15(22)21-10-5-4-9-14(21)17(19,20)26(23,24)13-8-6-7-12(18)11-13/h6-8,11,14H,4-5,9-10H2,1-3H3. The predicted molar refractivity (Wildman–Crippen MR) is 89.1 cm³/mol. The molecule has 0 aromatic heterocycles. The molecule has 1 amide bonds. The lowest BCUT2D eigenvalue weighted by molar-refractivity contribution is -0.0455. The molecule has 1 aliphatic heterocycles.